The lowest BCUT2D eigenvalue weighted by Crippen LogP contribution is -2.38. The van der Waals surface area contributed by atoms with E-state index in [4.69, 9.17) is 23.7 Å². The van der Waals surface area contributed by atoms with E-state index in [1.54, 1.807) is 0 Å². The summed E-state index contributed by atoms with van der Waals surface area (Å²) in [6, 6.07) is 0. The highest BCUT2D eigenvalue weighted by molar-refractivity contribution is 5.72. The maximum absolute atomic E-state index is 13.1. The average molecular weight is 860 g/mol. The van der Waals surface area contributed by atoms with Gasteiger partial charge in [0.2, 0.25) is 0 Å². The number of hydrogen-bond acceptors (Lipinski definition) is 9. The Bertz CT molecular complexity index is 1100. The second kappa shape index (κ2) is 39.4. The first-order valence-electron chi connectivity index (χ1n) is 25.7. The van der Waals surface area contributed by atoms with Crippen molar-refractivity contribution in [1.29, 1.82) is 0 Å². The fourth-order valence-corrected chi connectivity index (χ4v) is 7.77. The molecule has 0 radical (unpaired) electrons. The van der Waals surface area contributed by atoms with Crippen molar-refractivity contribution in [2.24, 2.45) is 17.8 Å². The predicted molar refractivity (Wildman–Crippen MR) is 249 cm³/mol. The molecule has 0 aromatic rings. The van der Waals surface area contributed by atoms with E-state index in [0.29, 0.717) is 26.1 Å². The molecule has 0 N–H and O–H groups in total. The van der Waals surface area contributed by atoms with E-state index >= 15 is 0 Å². The third-order valence-electron chi connectivity index (χ3n) is 12.1. The Balaban J connectivity index is 1.76. The van der Waals surface area contributed by atoms with Gasteiger partial charge in [0.15, 0.2) is 6.29 Å². The number of likely N-dealkylation sites (tertiary alicyclic amines) is 1. The van der Waals surface area contributed by atoms with Gasteiger partial charge in [-0.25, -0.2) is 0 Å². The van der Waals surface area contributed by atoms with Crippen LogP contribution in [0.2, 0.25) is 0 Å². The molecule has 1 aliphatic heterocycles. The number of hydrogen-bond donors (Lipinski definition) is 0. The second-order valence-corrected chi connectivity index (χ2v) is 18.1. The van der Waals surface area contributed by atoms with Gasteiger partial charge in [0.05, 0.1) is 18.3 Å². The van der Waals surface area contributed by atoms with Crippen molar-refractivity contribution >= 4 is 17.9 Å². The number of piperidine rings is 1. The summed E-state index contributed by atoms with van der Waals surface area (Å²) in [6.45, 7) is 11.0. The van der Waals surface area contributed by atoms with Crippen LogP contribution in [0.25, 0.3) is 0 Å². The molecule has 2 aliphatic rings. The van der Waals surface area contributed by atoms with E-state index < -0.39 is 12.2 Å². The van der Waals surface area contributed by atoms with Crippen molar-refractivity contribution in [3.8, 4) is 0 Å². The standard InChI is InChI=1S/C52H93NO8/c1-4-7-10-13-16-17-18-19-20-21-22-23-24-25-28-31-49(54)59-43-47(45-61-52(56)48-36-38-53(39-37-48)42-46-32-33-46)44-60-50(55)34-35-51(57-40-29-26-14-11-8-5-2)58-41-30-27-15-12-9-6-3/h16-17,19-20,46-48,51H,4-15,18,21-45H2,1-3H3/b17-16-,20-19-. The molecular weight excluding hydrogens is 767 g/mol. The number of carbonyl (C=O) groups is 3. The van der Waals surface area contributed by atoms with Gasteiger partial charge in [-0.05, 0) is 96.1 Å². The fourth-order valence-electron chi connectivity index (χ4n) is 7.77. The molecular formula is C52H93NO8. The lowest BCUT2D eigenvalue weighted by atomic mass is 9.97. The number of esters is 3. The van der Waals surface area contributed by atoms with Crippen LogP contribution in [0, 0.1) is 17.8 Å². The van der Waals surface area contributed by atoms with E-state index in [1.165, 1.54) is 96.3 Å². The van der Waals surface area contributed by atoms with Crippen LogP contribution in [0.4, 0.5) is 0 Å². The molecule has 0 aromatic carbocycles. The molecule has 0 amide bonds. The van der Waals surface area contributed by atoms with Crippen LogP contribution in [0.1, 0.15) is 213 Å². The lowest BCUT2D eigenvalue weighted by molar-refractivity contribution is -0.162. The van der Waals surface area contributed by atoms with Gasteiger partial charge in [-0.3, -0.25) is 14.4 Å². The molecule has 2 rings (SSSR count). The SMILES string of the molecule is CCCCC/C=C\C/C=C\CCCCCCCC(=O)OCC(COC(=O)CCC(OCCCCCCCC)OCCCCCCCC)COC(=O)C1CCN(CC2CC2)CC1. The molecule has 0 bridgehead atoms. The summed E-state index contributed by atoms with van der Waals surface area (Å²) >= 11 is 0. The fraction of sp³-hybridized carbons (Fsp3) is 0.865. The highest BCUT2D eigenvalue weighted by atomic mass is 16.7. The summed E-state index contributed by atoms with van der Waals surface area (Å²) < 4.78 is 29.5. The van der Waals surface area contributed by atoms with Crippen molar-refractivity contribution in [2.75, 3.05) is 52.7 Å². The van der Waals surface area contributed by atoms with E-state index in [0.717, 1.165) is 103 Å². The summed E-state index contributed by atoms with van der Waals surface area (Å²) in [6.07, 6.45) is 40.4. The van der Waals surface area contributed by atoms with Crippen molar-refractivity contribution in [2.45, 2.75) is 220 Å². The molecule has 2 fully saturated rings. The van der Waals surface area contributed by atoms with Crippen LogP contribution in [-0.2, 0) is 38.1 Å². The van der Waals surface area contributed by atoms with Crippen molar-refractivity contribution in [3.63, 3.8) is 0 Å². The molecule has 1 saturated carbocycles. The minimum Gasteiger partial charge on any atom is -0.465 e. The largest absolute Gasteiger partial charge is 0.465 e. The van der Waals surface area contributed by atoms with Crippen molar-refractivity contribution < 1.29 is 38.1 Å². The number of ether oxygens (including phenoxy) is 5. The smallest absolute Gasteiger partial charge is 0.309 e. The Morgan fingerprint density at radius 3 is 1.59 bits per heavy atom. The summed E-state index contributed by atoms with van der Waals surface area (Å²) in [5, 5.41) is 0. The molecule has 354 valence electrons. The molecule has 0 aromatic heterocycles. The second-order valence-electron chi connectivity index (χ2n) is 18.1. The molecule has 1 unspecified atom stereocenters. The van der Waals surface area contributed by atoms with Gasteiger partial charge in [0.25, 0.3) is 0 Å². The van der Waals surface area contributed by atoms with E-state index in [1.807, 2.05) is 0 Å². The van der Waals surface area contributed by atoms with Crippen molar-refractivity contribution in [3.05, 3.63) is 24.3 Å². The molecule has 61 heavy (non-hydrogen) atoms. The quantitative estimate of drug-likeness (QED) is 0.0195. The van der Waals surface area contributed by atoms with Crippen LogP contribution < -0.4 is 0 Å². The zero-order chi connectivity index (χ0) is 43.9. The van der Waals surface area contributed by atoms with Crippen LogP contribution in [0.3, 0.4) is 0 Å². The third-order valence-corrected chi connectivity index (χ3v) is 12.1. The van der Waals surface area contributed by atoms with Gasteiger partial charge >= 0.3 is 17.9 Å². The van der Waals surface area contributed by atoms with E-state index in [2.05, 4.69) is 50.0 Å². The van der Waals surface area contributed by atoms with Gasteiger partial charge in [0, 0.05) is 32.6 Å². The Morgan fingerprint density at radius 1 is 0.541 bits per heavy atom. The van der Waals surface area contributed by atoms with Gasteiger partial charge in [0.1, 0.15) is 19.8 Å². The predicted octanol–water partition coefficient (Wildman–Crippen LogP) is 13.0. The molecule has 1 heterocycles. The van der Waals surface area contributed by atoms with E-state index in [9.17, 15) is 14.4 Å². The van der Waals surface area contributed by atoms with Gasteiger partial charge in [-0.2, -0.15) is 0 Å². The summed E-state index contributed by atoms with van der Waals surface area (Å²) in [5.41, 5.74) is 0. The summed E-state index contributed by atoms with van der Waals surface area (Å²) in [7, 11) is 0. The molecule has 9 nitrogen and oxygen atoms in total. The number of unbranched alkanes of at least 4 members (excludes halogenated alkanes) is 18. The number of rotatable bonds is 42. The Kier molecular flexibility index (Phi) is 35.4. The molecule has 1 aliphatic carbocycles. The van der Waals surface area contributed by atoms with Crippen LogP contribution in [-0.4, -0.2) is 81.8 Å². The Morgan fingerprint density at radius 2 is 1.02 bits per heavy atom. The highest BCUT2D eigenvalue weighted by Crippen LogP contribution is 2.31. The summed E-state index contributed by atoms with van der Waals surface area (Å²) in [4.78, 5) is 41.4. The van der Waals surface area contributed by atoms with E-state index in [-0.39, 0.29) is 50.1 Å². The maximum atomic E-state index is 13.1. The van der Waals surface area contributed by atoms with Gasteiger partial charge < -0.3 is 28.6 Å². The maximum Gasteiger partial charge on any atom is 0.309 e. The van der Waals surface area contributed by atoms with Crippen LogP contribution in [0.15, 0.2) is 24.3 Å². The summed E-state index contributed by atoms with van der Waals surface area (Å²) in [5.74, 6) is -0.529. The topological polar surface area (TPSA) is 101 Å². The first-order valence-corrected chi connectivity index (χ1v) is 25.7. The Labute approximate surface area is 374 Å². The van der Waals surface area contributed by atoms with Crippen LogP contribution >= 0.6 is 0 Å². The van der Waals surface area contributed by atoms with Crippen molar-refractivity contribution in [1.82, 2.24) is 4.90 Å². The zero-order valence-electron chi connectivity index (χ0n) is 39.7. The Hall–Kier alpha value is -2.23. The number of allylic oxidation sites excluding steroid dienone is 4. The third kappa shape index (κ3) is 33.0. The highest BCUT2D eigenvalue weighted by Gasteiger charge is 2.30. The average Bonchev–Trinajstić information content (AvgIpc) is 4.09. The monoisotopic (exact) mass is 860 g/mol. The first-order chi connectivity index (χ1) is 29.9. The van der Waals surface area contributed by atoms with Gasteiger partial charge in [-0.1, -0.05) is 141 Å². The molecule has 9 heteroatoms. The van der Waals surface area contributed by atoms with Crippen LogP contribution in [0.5, 0.6) is 0 Å². The minimum absolute atomic E-state index is 0.0187. The molecule has 0 spiro atoms. The lowest BCUT2D eigenvalue weighted by Gasteiger charge is -2.31. The van der Waals surface area contributed by atoms with Gasteiger partial charge in [-0.15, -0.1) is 0 Å². The number of nitrogens with zero attached hydrogens (tertiary/aromatic N) is 1. The number of carbonyl (C=O) groups excluding carboxylic acids is 3. The zero-order valence-corrected chi connectivity index (χ0v) is 39.7. The molecule has 1 atom stereocenters. The molecule has 1 saturated heterocycles. The normalized spacial score (nSPS) is 15.6. The minimum atomic E-state index is -0.443. The first kappa shape index (κ1) is 54.9.